The Morgan fingerprint density at radius 2 is 1.37 bits per heavy atom. The number of nitrogens with one attached hydrogen (secondary N) is 1. The fourth-order valence-corrected chi connectivity index (χ4v) is 17.0. The molecule has 552 valence electrons. The number of aliphatic hydroxyl groups is 2. The minimum Gasteiger partial charge on any atom is -0.756 e. The van der Waals surface area contributed by atoms with Gasteiger partial charge < -0.3 is 90.3 Å². The molecule has 8 heterocycles. The van der Waals surface area contributed by atoms with Crippen LogP contribution in [0.1, 0.15) is 163 Å². The maximum atomic E-state index is 14.4. The topological polar surface area (TPSA) is 546 Å². The predicted octanol–water partition coefficient (Wildman–Crippen LogP) is 2.93. The van der Waals surface area contributed by atoms with Crippen molar-refractivity contribution in [2.24, 2.45) is 94.7 Å². The Balaban J connectivity index is 0.00000135. The molecule has 3 saturated heterocycles. The molecule has 32 nitrogen and oxygen atoms in total. The zero-order valence-corrected chi connectivity index (χ0v) is 60.5. The number of imide groups is 1. The second-order valence-corrected chi connectivity index (χ2v) is 29.9. The van der Waals surface area contributed by atoms with Crippen molar-refractivity contribution in [3.8, 4) is 0 Å². The van der Waals surface area contributed by atoms with Crippen molar-refractivity contribution < 1.29 is 98.6 Å². The number of aliphatic imine (C=N–C) groups is 3. The number of phosphoric acid groups is 1. The summed E-state index contributed by atoms with van der Waals surface area (Å²) in [6.45, 7) is 23.7. The van der Waals surface area contributed by atoms with Crippen molar-refractivity contribution in [3.05, 3.63) is 75.8 Å². The first kappa shape index (κ1) is 82.1. The SMILES string of the molecule is C/C1=C2N=C(/C=C3N=C(/C(C)=C4\[N-][C@@](C)([C@@H]5N=C1[C@](C)(CCC(=O)NCC(C)OP(=O)([O-])O[C@H]1[C@@H](O)[C@@H](n6cnc7cc(C)c(C)cc76)O[C@@H]1CO)[C@H]5CC(N)=O)[C@@](C)(CC(N)=O)[C@@H]4CCC(N)=O)[C@@](C)(CC(N)=O)[C@@H]\3CCC(N)=O)C(C)(C)[C@@H]/2CCC(N)=O.O=C1CCC(=O)N1O.[C-]#N.[Co+3]. The largest absolute Gasteiger partial charge is 3.00 e. The average molecular weight is 1470 g/mol. The van der Waals surface area contributed by atoms with Gasteiger partial charge in [-0.05, 0) is 118 Å². The molecule has 0 radical (unpaired) electrons. The number of hydrogen-bond donors (Lipinski definition) is 10. The van der Waals surface area contributed by atoms with E-state index in [0.717, 1.165) is 11.1 Å². The summed E-state index contributed by atoms with van der Waals surface area (Å²) in [5.74, 6) is -8.41. The van der Waals surface area contributed by atoms with Crippen LogP contribution in [0.15, 0.2) is 67.8 Å². The summed E-state index contributed by atoms with van der Waals surface area (Å²) < 4.78 is 31.9. The standard InChI is InChI=1S/C62H90N13O14P.C4H5NO3.CN.Co/c1-29-20-39-40(21-30(29)2)75(28-70-39)57-52(84)53(41(27-76)87-57)89-90(85,86)88-31(3)26-69-49(83)18-19-59(8)37(22-46(66)80)56-62(11)61(10,25-48(68)82)36(14-17-45(65)79)51(74-62)33(5)55-60(9,24-47(67)81)34(12-15-43(63)77)38(71-55)23-42-58(6,7)35(13-16-44(64)78)50(72-42)32(4)54(59)73-56;6-3-1-2-4(7)5(3)8;1-2;/h20-21,23,28,31,34-37,41,52-53,56-57,76,84H,12-19,22,24-27H2,1-11H3,(H15,63,64,65,66,67,68,69,71,72,73,74,77,78,79,80,81,82,83,85,86);8H,1-2H2;;/q;;-1;+3/p-2/t31?,34-,35-,36-,37+,41-,52-,53-,56-,57+,59-,60+,61+,62+;;;/m1.../s1. The van der Waals surface area contributed by atoms with E-state index in [4.69, 9.17) is 85.5 Å². The Bertz CT molecular complexity index is 3900. The molecular weight excluding hydrogens is 1380 g/mol. The van der Waals surface area contributed by atoms with E-state index in [1.807, 2.05) is 80.5 Å². The first-order valence-electron chi connectivity index (χ1n) is 33.0. The van der Waals surface area contributed by atoms with E-state index >= 15 is 0 Å². The summed E-state index contributed by atoms with van der Waals surface area (Å²) in [6, 6.07) is 2.65. The van der Waals surface area contributed by atoms with Crippen molar-refractivity contribution in [3.63, 3.8) is 0 Å². The molecule has 2 unspecified atom stereocenters. The molecule has 9 rings (SSSR count). The summed E-state index contributed by atoms with van der Waals surface area (Å²) in [7, 11) is -5.32. The van der Waals surface area contributed by atoms with Crippen LogP contribution in [0.25, 0.3) is 16.4 Å². The average Bonchev–Trinajstić information content (AvgIpc) is 1.53. The normalized spacial score (nSPS) is 32.1. The van der Waals surface area contributed by atoms with Crippen molar-refractivity contribution in [2.75, 3.05) is 13.2 Å². The van der Waals surface area contributed by atoms with E-state index < -0.39 is 155 Å². The number of hydroxylamine groups is 2. The number of nitrogens with zero attached hydrogens (tertiary/aromatic N) is 8. The first-order chi connectivity index (χ1) is 46.5. The van der Waals surface area contributed by atoms with Crippen LogP contribution >= 0.6 is 7.82 Å². The van der Waals surface area contributed by atoms with Gasteiger partial charge in [0.2, 0.25) is 41.4 Å². The number of aliphatic hydroxyl groups excluding tert-OH is 2. The molecule has 101 heavy (non-hydrogen) atoms. The number of nitrogens with two attached hydrogens (primary N) is 6. The number of amides is 9. The molecule has 8 bridgehead atoms. The molecular formula is C67H93CoN15O17P. The van der Waals surface area contributed by atoms with E-state index in [9.17, 15) is 62.8 Å². The minimum atomic E-state index is -5.32. The maximum Gasteiger partial charge on any atom is 3.00 e. The Hall–Kier alpha value is -7.90. The van der Waals surface area contributed by atoms with Crippen LogP contribution in [-0.4, -0.2) is 149 Å². The summed E-state index contributed by atoms with van der Waals surface area (Å²) in [6.07, 6.45) is -4.49. The Morgan fingerprint density at radius 3 is 1.90 bits per heavy atom. The summed E-state index contributed by atoms with van der Waals surface area (Å²) in [5.41, 5.74) is 36.7. The molecule has 7 aliphatic heterocycles. The number of allylic oxidation sites excluding steroid dienone is 6. The van der Waals surface area contributed by atoms with Gasteiger partial charge in [-0.2, -0.15) is 10.8 Å². The number of carbonyl (C=O) groups is 9. The van der Waals surface area contributed by atoms with E-state index in [1.54, 1.807) is 6.92 Å². The van der Waals surface area contributed by atoms with Gasteiger partial charge in [0.15, 0.2) is 6.23 Å². The van der Waals surface area contributed by atoms with Gasteiger partial charge in [0.1, 0.15) is 18.3 Å². The van der Waals surface area contributed by atoms with Crippen LogP contribution in [0, 0.1) is 71.0 Å². The number of carbonyl (C=O) groups excluding carboxylic acids is 9. The summed E-state index contributed by atoms with van der Waals surface area (Å²) in [5, 5.41) is 44.9. The molecule has 3 fully saturated rings. The molecule has 0 spiro atoms. The van der Waals surface area contributed by atoms with E-state index in [2.05, 4.69) is 10.3 Å². The van der Waals surface area contributed by atoms with Gasteiger partial charge in [0.05, 0.1) is 30.1 Å². The van der Waals surface area contributed by atoms with Crippen LogP contribution in [0.2, 0.25) is 0 Å². The third-order valence-corrected chi connectivity index (χ3v) is 22.6. The molecule has 1 aromatic carbocycles. The van der Waals surface area contributed by atoms with Crippen LogP contribution in [0.3, 0.4) is 0 Å². The number of phosphoric ester groups is 1. The van der Waals surface area contributed by atoms with Gasteiger partial charge in [-0.1, -0.05) is 47.1 Å². The van der Waals surface area contributed by atoms with Crippen molar-refractivity contribution >= 4 is 89.2 Å². The van der Waals surface area contributed by atoms with Gasteiger partial charge >= 0.3 is 16.8 Å². The number of aryl methyl sites for hydroxylation is 2. The predicted molar refractivity (Wildman–Crippen MR) is 359 cm³/mol. The van der Waals surface area contributed by atoms with Gasteiger partial charge in [0.25, 0.3) is 19.6 Å². The van der Waals surface area contributed by atoms with Crippen LogP contribution < -0.4 is 44.6 Å². The van der Waals surface area contributed by atoms with Crippen LogP contribution in [0.5, 0.6) is 0 Å². The van der Waals surface area contributed by atoms with Gasteiger partial charge in [-0.15, -0.1) is 0 Å². The molecule has 9 amide bonds. The minimum absolute atomic E-state index is 0. The number of ether oxygens (including phenoxy) is 1. The van der Waals surface area contributed by atoms with Crippen molar-refractivity contribution in [1.29, 1.82) is 5.26 Å². The number of imidazole rings is 1. The first-order valence-corrected chi connectivity index (χ1v) is 34.4. The Kier molecular flexibility index (Phi) is 25.8. The summed E-state index contributed by atoms with van der Waals surface area (Å²) in [4.78, 5) is 148. The maximum absolute atomic E-state index is 14.4. The fraction of sp³-hybridized carbons (Fsp3) is 0.612. The van der Waals surface area contributed by atoms with Gasteiger partial charge in [-0.3, -0.25) is 67.9 Å². The van der Waals surface area contributed by atoms with E-state index in [-0.39, 0.29) is 112 Å². The monoisotopic (exact) mass is 1470 g/mol. The van der Waals surface area contributed by atoms with Crippen molar-refractivity contribution in [1.82, 2.24) is 19.9 Å². The van der Waals surface area contributed by atoms with E-state index in [0.29, 0.717) is 56.4 Å². The van der Waals surface area contributed by atoms with E-state index in [1.165, 1.54) is 17.8 Å². The molecule has 34 heteroatoms. The molecule has 16 N–H and O–H groups in total. The van der Waals surface area contributed by atoms with Crippen molar-refractivity contribution in [2.45, 2.75) is 202 Å². The Morgan fingerprint density at radius 1 is 0.802 bits per heavy atom. The third-order valence-electron chi connectivity index (χ3n) is 21.5. The van der Waals surface area contributed by atoms with Gasteiger partial charge in [-0.25, -0.2) is 4.98 Å². The second kappa shape index (κ2) is 31.8. The molecule has 2 aromatic rings. The number of benzene rings is 1. The molecule has 0 saturated carbocycles. The number of primary amides is 6. The smallest absolute Gasteiger partial charge is 0.756 e. The quantitative estimate of drug-likeness (QED) is 0.0280. The van der Waals surface area contributed by atoms with Gasteiger partial charge in [0, 0.05) is 127 Å². The second-order valence-electron chi connectivity index (χ2n) is 28.6. The molecule has 0 aliphatic carbocycles. The fourth-order valence-electron chi connectivity index (χ4n) is 15.9. The summed E-state index contributed by atoms with van der Waals surface area (Å²) >= 11 is 0. The molecule has 1 aromatic heterocycles. The zero-order chi connectivity index (χ0) is 74.9. The number of aromatic nitrogens is 2. The Labute approximate surface area is 595 Å². The number of rotatable bonds is 26. The number of hydrogen-bond acceptors (Lipinski definition) is 22. The number of fused-ring (bicyclic) bond motifs is 7. The van der Waals surface area contributed by atoms with Crippen LogP contribution in [0.4, 0.5) is 0 Å². The molecule has 7 aliphatic rings. The molecule has 15 atom stereocenters. The zero-order valence-electron chi connectivity index (χ0n) is 58.6. The van der Waals surface area contributed by atoms with Crippen LogP contribution in [-0.2, 0) is 78.3 Å². The third kappa shape index (κ3) is 16.6.